The van der Waals surface area contributed by atoms with Crippen LogP contribution in [0.3, 0.4) is 0 Å². The summed E-state index contributed by atoms with van der Waals surface area (Å²) in [6.45, 7) is 1.78. The first-order chi connectivity index (χ1) is 15.5. The monoisotopic (exact) mass is 428 g/mol. The number of aryl methyl sites for hydroxylation is 1. The van der Waals surface area contributed by atoms with Crippen LogP contribution in [0, 0.1) is 42.4 Å². The molecule has 7 rings (SSSR count). The van der Waals surface area contributed by atoms with E-state index in [1.807, 2.05) is 31.2 Å². The molecule has 1 saturated heterocycles. The highest BCUT2D eigenvalue weighted by atomic mass is 16.5. The van der Waals surface area contributed by atoms with Gasteiger partial charge in [-0.05, 0) is 73.4 Å². The van der Waals surface area contributed by atoms with Gasteiger partial charge in [-0.2, -0.15) is 0 Å². The average Bonchev–Trinajstić information content (AvgIpc) is 3.58. The Balaban J connectivity index is 1.09. The van der Waals surface area contributed by atoms with E-state index in [1.165, 1.54) is 4.90 Å². The summed E-state index contributed by atoms with van der Waals surface area (Å²) in [5.41, 5.74) is 1.75. The zero-order valence-electron chi connectivity index (χ0n) is 17.7. The standard InChI is InChI=1S/C26H24N2O4/c1-14-2-6-16(7-3-14)32-17-8-4-15(5-9-17)27-22(29)13-28-25(30)23-18-10-11-19(21-12-20(18)21)24(23)26(28)31/h2-11,18-21,23-24H,12-13H2,1H3,(H,27,29)/t18-,19-,20-,21+,23-,24-/m1/s1. The van der Waals surface area contributed by atoms with Gasteiger partial charge in [0, 0.05) is 5.69 Å². The van der Waals surface area contributed by atoms with Crippen molar-refractivity contribution in [1.82, 2.24) is 4.90 Å². The van der Waals surface area contributed by atoms with Gasteiger partial charge in [-0.1, -0.05) is 29.8 Å². The number of carbonyl (C=O) groups is 3. The van der Waals surface area contributed by atoms with Crippen molar-refractivity contribution >= 4 is 23.4 Å². The van der Waals surface area contributed by atoms with Gasteiger partial charge < -0.3 is 10.1 Å². The van der Waals surface area contributed by atoms with Crippen molar-refractivity contribution in [3.8, 4) is 11.5 Å². The van der Waals surface area contributed by atoms with Gasteiger partial charge in [0.15, 0.2) is 0 Å². The topological polar surface area (TPSA) is 75.7 Å². The second-order valence-corrected chi connectivity index (χ2v) is 9.40. The van der Waals surface area contributed by atoms with Crippen LogP contribution >= 0.6 is 0 Å². The number of benzene rings is 2. The van der Waals surface area contributed by atoms with Crippen LogP contribution in [0.15, 0.2) is 60.7 Å². The molecule has 6 atom stereocenters. The lowest BCUT2D eigenvalue weighted by atomic mass is 9.63. The van der Waals surface area contributed by atoms with Gasteiger partial charge in [0.2, 0.25) is 17.7 Å². The van der Waals surface area contributed by atoms with Crippen LogP contribution in [0.25, 0.3) is 0 Å². The van der Waals surface area contributed by atoms with Gasteiger partial charge in [0.1, 0.15) is 18.0 Å². The minimum atomic E-state index is -0.372. The highest BCUT2D eigenvalue weighted by Gasteiger charge is 2.67. The summed E-state index contributed by atoms with van der Waals surface area (Å²) in [6, 6.07) is 14.8. The fraction of sp³-hybridized carbons (Fsp3) is 0.346. The third-order valence-corrected chi connectivity index (χ3v) is 7.45. The molecular weight excluding hydrogens is 404 g/mol. The van der Waals surface area contributed by atoms with Crippen molar-refractivity contribution in [2.75, 3.05) is 11.9 Å². The van der Waals surface area contributed by atoms with Crippen molar-refractivity contribution in [1.29, 1.82) is 0 Å². The van der Waals surface area contributed by atoms with Crippen molar-refractivity contribution in [3.05, 3.63) is 66.2 Å². The summed E-state index contributed by atoms with van der Waals surface area (Å²) >= 11 is 0. The third kappa shape index (κ3) is 3.05. The zero-order valence-corrected chi connectivity index (χ0v) is 17.7. The summed E-state index contributed by atoms with van der Waals surface area (Å²) in [5.74, 6) is 1.56. The predicted octanol–water partition coefficient (Wildman–Crippen LogP) is 3.78. The van der Waals surface area contributed by atoms with Crippen molar-refractivity contribution in [2.45, 2.75) is 13.3 Å². The van der Waals surface area contributed by atoms with Gasteiger partial charge in [-0.3, -0.25) is 19.3 Å². The molecule has 3 fully saturated rings. The third-order valence-electron chi connectivity index (χ3n) is 7.45. The molecule has 0 radical (unpaired) electrons. The first-order valence-electron chi connectivity index (χ1n) is 11.2. The smallest absolute Gasteiger partial charge is 0.244 e. The van der Waals surface area contributed by atoms with E-state index in [2.05, 4.69) is 17.5 Å². The van der Waals surface area contributed by atoms with E-state index in [1.54, 1.807) is 24.3 Å². The Kier molecular flexibility index (Phi) is 4.25. The molecule has 2 saturated carbocycles. The Bertz CT molecular complexity index is 1100. The first kappa shape index (κ1) is 19.3. The maximum Gasteiger partial charge on any atom is 0.244 e. The second kappa shape index (κ2) is 7.05. The van der Waals surface area contributed by atoms with Crippen LogP contribution in [0.1, 0.15) is 12.0 Å². The van der Waals surface area contributed by atoms with E-state index in [4.69, 9.17) is 4.74 Å². The number of hydrogen-bond acceptors (Lipinski definition) is 4. The van der Waals surface area contributed by atoms with Crippen LogP contribution in [0.2, 0.25) is 0 Å². The Morgan fingerprint density at radius 2 is 1.44 bits per heavy atom. The normalized spacial score (nSPS) is 31.3. The molecule has 4 aliphatic carbocycles. The fourth-order valence-electron chi connectivity index (χ4n) is 5.87. The molecule has 162 valence electrons. The largest absolute Gasteiger partial charge is 0.457 e. The highest BCUT2D eigenvalue weighted by molar-refractivity contribution is 6.09. The van der Waals surface area contributed by atoms with Crippen LogP contribution in [-0.4, -0.2) is 29.2 Å². The minimum Gasteiger partial charge on any atom is -0.457 e. The quantitative estimate of drug-likeness (QED) is 0.581. The maximum atomic E-state index is 13.0. The number of ether oxygens (including phenoxy) is 1. The molecule has 1 N–H and O–H groups in total. The number of likely N-dealkylation sites (tertiary alicyclic amines) is 1. The molecule has 1 aliphatic heterocycles. The van der Waals surface area contributed by atoms with Crippen molar-refractivity contribution in [2.24, 2.45) is 35.5 Å². The van der Waals surface area contributed by atoms with Crippen LogP contribution < -0.4 is 10.1 Å². The van der Waals surface area contributed by atoms with Gasteiger partial charge in [-0.15, -0.1) is 0 Å². The Hall–Kier alpha value is -3.41. The van der Waals surface area contributed by atoms with Crippen molar-refractivity contribution < 1.29 is 19.1 Å². The van der Waals surface area contributed by atoms with Crippen molar-refractivity contribution in [3.63, 3.8) is 0 Å². The molecule has 3 amide bonds. The van der Waals surface area contributed by atoms with E-state index in [0.717, 1.165) is 17.7 Å². The molecule has 0 unspecified atom stereocenters. The second-order valence-electron chi connectivity index (χ2n) is 9.40. The van der Waals surface area contributed by atoms with Gasteiger partial charge >= 0.3 is 0 Å². The summed E-state index contributed by atoms with van der Waals surface area (Å²) < 4.78 is 5.81. The molecule has 32 heavy (non-hydrogen) atoms. The Morgan fingerprint density at radius 1 is 0.906 bits per heavy atom. The fourth-order valence-corrected chi connectivity index (χ4v) is 5.87. The number of carbonyl (C=O) groups excluding carboxylic acids is 3. The van der Waals surface area contributed by atoms with Gasteiger partial charge in [0.25, 0.3) is 0 Å². The predicted molar refractivity (Wildman–Crippen MR) is 118 cm³/mol. The average molecular weight is 428 g/mol. The van der Waals surface area contributed by atoms with Gasteiger partial charge in [-0.25, -0.2) is 0 Å². The molecule has 6 heteroatoms. The summed E-state index contributed by atoms with van der Waals surface area (Å²) in [4.78, 5) is 39.8. The number of allylic oxidation sites excluding steroid dienone is 2. The van der Waals surface area contributed by atoms with E-state index in [9.17, 15) is 14.4 Å². The molecule has 2 bridgehead atoms. The Labute approximate surface area is 186 Å². The summed E-state index contributed by atoms with van der Waals surface area (Å²) in [5, 5.41) is 2.79. The molecule has 0 aromatic heterocycles. The lowest BCUT2D eigenvalue weighted by Gasteiger charge is -2.37. The Morgan fingerprint density at radius 3 is 2.00 bits per heavy atom. The number of hydrogen-bond donors (Lipinski definition) is 1. The van der Waals surface area contributed by atoms with Crippen LogP contribution in [-0.2, 0) is 14.4 Å². The summed E-state index contributed by atoms with van der Waals surface area (Å²) in [6.07, 6.45) is 5.39. The maximum absolute atomic E-state index is 13.0. The molecule has 2 aromatic rings. The molecule has 0 spiro atoms. The lowest BCUT2D eigenvalue weighted by Crippen LogP contribution is -2.40. The van der Waals surface area contributed by atoms with E-state index < -0.39 is 0 Å². The molecule has 2 aromatic carbocycles. The number of nitrogens with zero attached hydrogens (tertiary/aromatic N) is 1. The highest BCUT2D eigenvalue weighted by Crippen LogP contribution is 2.65. The number of imide groups is 1. The minimum absolute atomic E-state index is 0.167. The molecule has 6 nitrogen and oxygen atoms in total. The number of rotatable bonds is 5. The van der Waals surface area contributed by atoms with Gasteiger partial charge in [0.05, 0.1) is 11.8 Å². The SMILES string of the molecule is Cc1ccc(Oc2ccc(NC(=O)CN3C(=O)[C@@H]4[C@@H]5C=C[C@H]([C@@H]6C[C@H]56)[C@H]4C3=O)cc2)cc1. The summed E-state index contributed by atoms with van der Waals surface area (Å²) in [7, 11) is 0. The number of anilines is 1. The number of nitrogens with one attached hydrogen (secondary N) is 1. The van der Waals surface area contributed by atoms with Crippen LogP contribution in [0.5, 0.6) is 11.5 Å². The lowest BCUT2D eigenvalue weighted by molar-refractivity contribution is -0.142. The first-order valence-corrected chi connectivity index (χ1v) is 11.2. The van der Waals surface area contributed by atoms with Crippen LogP contribution in [0.4, 0.5) is 5.69 Å². The van der Waals surface area contributed by atoms with E-state index in [0.29, 0.717) is 23.3 Å². The number of amides is 3. The molecular formula is C26H24N2O4. The zero-order chi connectivity index (χ0) is 22.0. The molecule has 1 heterocycles. The van der Waals surface area contributed by atoms with E-state index in [-0.39, 0.29) is 47.9 Å². The molecule has 5 aliphatic rings. The van der Waals surface area contributed by atoms with E-state index >= 15 is 0 Å².